The average molecular weight is 276 g/mol. The molecule has 3 heteroatoms. The van der Waals surface area contributed by atoms with Crippen molar-refractivity contribution < 1.29 is 5.11 Å². The lowest BCUT2D eigenvalue weighted by Crippen LogP contribution is -2.41. The van der Waals surface area contributed by atoms with E-state index in [0.717, 1.165) is 11.1 Å². The second-order valence-corrected chi connectivity index (χ2v) is 5.25. The summed E-state index contributed by atoms with van der Waals surface area (Å²) in [5.41, 5.74) is 7.63. The van der Waals surface area contributed by atoms with Gasteiger partial charge in [0.05, 0.1) is 6.61 Å². The molecule has 0 aliphatic rings. The summed E-state index contributed by atoms with van der Waals surface area (Å²) in [4.78, 5) is 0. The zero-order chi connectivity index (χ0) is 13.7. The number of rotatable bonds is 5. The van der Waals surface area contributed by atoms with Crippen LogP contribution in [0.1, 0.15) is 11.1 Å². The third-order valence-electron chi connectivity index (χ3n) is 3.51. The van der Waals surface area contributed by atoms with Gasteiger partial charge in [0, 0.05) is 17.0 Å². The first-order valence-electron chi connectivity index (χ1n) is 6.31. The Morgan fingerprint density at radius 3 is 2.37 bits per heavy atom. The molecule has 1 atom stereocenters. The molecule has 0 saturated heterocycles. The number of nitrogens with two attached hydrogens (primary N) is 1. The van der Waals surface area contributed by atoms with Gasteiger partial charge < -0.3 is 10.8 Å². The van der Waals surface area contributed by atoms with Gasteiger partial charge in [0.2, 0.25) is 0 Å². The Bertz CT molecular complexity index is 523. The molecule has 19 heavy (non-hydrogen) atoms. The van der Waals surface area contributed by atoms with Crippen molar-refractivity contribution in [2.24, 2.45) is 5.73 Å². The van der Waals surface area contributed by atoms with E-state index in [2.05, 4.69) is 0 Å². The molecule has 0 radical (unpaired) electrons. The molecule has 2 rings (SSSR count). The molecule has 2 aromatic rings. The van der Waals surface area contributed by atoms with Gasteiger partial charge in [-0.25, -0.2) is 0 Å². The summed E-state index contributed by atoms with van der Waals surface area (Å²) in [5, 5.41) is 10.6. The van der Waals surface area contributed by atoms with Crippen LogP contribution < -0.4 is 5.73 Å². The summed E-state index contributed by atoms with van der Waals surface area (Å²) in [6.45, 7) is 0.403. The van der Waals surface area contributed by atoms with Crippen LogP contribution in [0.5, 0.6) is 0 Å². The van der Waals surface area contributed by atoms with Crippen molar-refractivity contribution in [3.63, 3.8) is 0 Å². The van der Waals surface area contributed by atoms with Crippen LogP contribution in [0.15, 0.2) is 54.6 Å². The maximum absolute atomic E-state index is 9.85. The molecule has 100 valence electrons. The highest BCUT2D eigenvalue weighted by molar-refractivity contribution is 6.30. The maximum Gasteiger partial charge on any atom is 0.0543 e. The fourth-order valence-electron chi connectivity index (χ4n) is 2.33. The molecule has 2 aromatic carbocycles. The second-order valence-electron chi connectivity index (χ2n) is 4.82. The monoisotopic (exact) mass is 275 g/mol. The van der Waals surface area contributed by atoms with E-state index in [1.54, 1.807) is 0 Å². The minimum atomic E-state index is -0.452. The Morgan fingerprint density at radius 2 is 1.79 bits per heavy atom. The fraction of sp³-hybridized carbons (Fsp3) is 0.250. The largest absolute Gasteiger partial charge is 0.395 e. The van der Waals surface area contributed by atoms with Gasteiger partial charge in [-0.1, -0.05) is 54.1 Å². The summed E-state index contributed by atoms with van der Waals surface area (Å²) in [6, 6.07) is 17.6. The first-order valence-corrected chi connectivity index (χ1v) is 6.69. The van der Waals surface area contributed by atoms with Crippen LogP contribution in [0, 0.1) is 0 Å². The Balaban J connectivity index is 2.35. The maximum atomic E-state index is 9.85. The van der Waals surface area contributed by atoms with Crippen LogP contribution >= 0.6 is 11.6 Å². The van der Waals surface area contributed by atoms with Crippen LogP contribution in [0.3, 0.4) is 0 Å². The zero-order valence-corrected chi connectivity index (χ0v) is 11.5. The van der Waals surface area contributed by atoms with Gasteiger partial charge in [-0.15, -0.1) is 0 Å². The standard InChI is InChI=1S/C16H18ClNO/c17-15-8-4-5-13(9-15)10-16(11-18,12-19)14-6-2-1-3-7-14/h1-9,19H,10-12,18H2. The molecule has 0 amide bonds. The zero-order valence-electron chi connectivity index (χ0n) is 10.7. The molecule has 2 nitrogen and oxygen atoms in total. The van der Waals surface area contributed by atoms with E-state index in [-0.39, 0.29) is 6.61 Å². The number of aliphatic hydroxyl groups is 1. The van der Waals surface area contributed by atoms with Gasteiger partial charge in [-0.3, -0.25) is 0 Å². The van der Waals surface area contributed by atoms with E-state index < -0.39 is 5.41 Å². The summed E-state index contributed by atoms with van der Waals surface area (Å²) in [6.07, 6.45) is 0.671. The number of hydrogen-bond acceptors (Lipinski definition) is 2. The smallest absolute Gasteiger partial charge is 0.0543 e. The molecule has 3 N–H and O–H groups in total. The number of aliphatic hydroxyl groups excluding tert-OH is 1. The molecule has 0 aliphatic heterocycles. The molecule has 0 aromatic heterocycles. The summed E-state index contributed by atoms with van der Waals surface area (Å²) in [5.74, 6) is 0. The van der Waals surface area contributed by atoms with Crippen molar-refractivity contribution in [3.05, 3.63) is 70.7 Å². The molecule has 0 aliphatic carbocycles. The van der Waals surface area contributed by atoms with Gasteiger partial charge >= 0.3 is 0 Å². The highest BCUT2D eigenvalue weighted by Gasteiger charge is 2.30. The van der Waals surface area contributed by atoms with Crippen molar-refractivity contribution in [2.45, 2.75) is 11.8 Å². The predicted molar refractivity (Wildman–Crippen MR) is 79.4 cm³/mol. The van der Waals surface area contributed by atoms with E-state index in [1.807, 2.05) is 54.6 Å². The molecular weight excluding hydrogens is 258 g/mol. The first-order chi connectivity index (χ1) is 9.20. The Labute approximate surface area is 118 Å². The minimum absolute atomic E-state index is 0.0139. The predicted octanol–water partition coefficient (Wildman–Crippen LogP) is 2.77. The number of halogens is 1. The lowest BCUT2D eigenvalue weighted by Gasteiger charge is -2.31. The Morgan fingerprint density at radius 1 is 1.05 bits per heavy atom. The van der Waals surface area contributed by atoms with Crippen LogP contribution in [0.25, 0.3) is 0 Å². The van der Waals surface area contributed by atoms with Gasteiger partial charge in [-0.2, -0.15) is 0 Å². The summed E-state index contributed by atoms with van der Waals surface area (Å²) < 4.78 is 0. The molecule has 0 fully saturated rings. The average Bonchev–Trinajstić information content (AvgIpc) is 2.46. The topological polar surface area (TPSA) is 46.2 Å². The molecule has 0 spiro atoms. The second kappa shape index (κ2) is 6.20. The van der Waals surface area contributed by atoms with E-state index in [9.17, 15) is 5.11 Å². The van der Waals surface area contributed by atoms with Crippen molar-refractivity contribution in [3.8, 4) is 0 Å². The SMILES string of the molecule is NCC(CO)(Cc1cccc(Cl)c1)c1ccccc1. The molecule has 0 saturated carbocycles. The van der Waals surface area contributed by atoms with Crippen molar-refractivity contribution >= 4 is 11.6 Å². The Hall–Kier alpha value is -1.35. The lowest BCUT2D eigenvalue weighted by molar-refractivity contribution is 0.196. The van der Waals surface area contributed by atoms with Crippen LogP contribution in [0.2, 0.25) is 5.02 Å². The lowest BCUT2D eigenvalue weighted by atomic mass is 9.76. The highest BCUT2D eigenvalue weighted by Crippen LogP contribution is 2.28. The highest BCUT2D eigenvalue weighted by atomic mass is 35.5. The third kappa shape index (κ3) is 3.16. The van der Waals surface area contributed by atoms with Crippen LogP contribution in [-0.4, -0.2) is 18.3 Å². The molecule has 1 unspecified atom stereocenters. The van der Waals surface area contributed by atoms with Gasteiger partial charge in [0.25, 0.3) is 0 Å². The van der Waals surface area contributed by atoms with Crippen LogP contribution in [-0.2, 0) is 11.8 Å². The molecular formula is C16H18ClNO. The van der Waals surface area contributed by atoms with Crippen LogP contribution in [0.4, 0.5) is 0 Å². The van der Waals surface area contributed by atoms with Crippen molar-refractivity contribution in [1.82, 2.24) is 0 Å². The minimum Gasteiger partial charge on any atom is -0.395 e. The van der Waals surface area contributed by atoms with Crippen molar-refractivity contribution in [1.29, 1.82) is 0 Å². The fourth-order valence-corrected chi connectivity index (χ4v) is 2.55. The quantitative estimate of drug-likeness (QED) is 0.881. The number of benzene rings is 2. The van der Waals surface area contributed by atoms with E-state index in [4.69, 9.17) is 17.3 Å². The summed E-state index contributed by atoms with van der Waals surface area (Å²) >= 11 is 6.01. The summed E-state index contributed by atoms with van der Waals surface area (Å²) in [7, 11) is 0. The molecule has 0 bridgehead atoms. The van der Waals surface area contributed by atoms with E-state index in [0.29, 0.717) is 18.0 Å². The van der Waals surface area contributed by atoms with Crippen molar-refractivity contribution in [2.75, 3.05) is 13.2 Å². The van der Waals surface area contributed by atoms with Gasteiger partial charge in [0.1, 0.15) is 0 Å². The van der Waals surface area contributed by atoms with Gasteiger partial charge in [0.15, 0.2) is 0 Å². The third-order valence-corrected chi connectivity index (χ3v) is 3.75. The van der Waals surface area contributed by atoms with Gasteiger partial charge in [-0.05, 0) is 29.7 Å². The van der Waals surface area contributed by atoms with E-state index >= 15 is 0 Å². The first kappa shape index (κ1) is 14.1. The van der Waals surface area contributed by atoms with E-state index in [1.165, 1.54) is 0 Å². The number of hydrogen-bond donors (Lipinski definition) is 2. The normalized spacial score (nSPS) is 14.1. The Kier molecular flexibility index (Phi) is 4.59. The molecule has 0 heterocycles.